The Morgan fingerprint density at radius 1 is 1.42 bits per heavy atom. The second-order valence-electron chi connectivity index (χ2n) is 5.56. The van der Waals surface area contributed by atoms with E-state index in [1.165, 1.54) is 12.8 Å². The maximum atomic E-state index is 10.5. The minimum Gasteiger partial charge on any atom is -0.496 e. The van der Waals surface area contributed by atoms with Crippen molar-refractivity contribution in [2.45, 2.75) is 32.8 Å². The van der Waals surface area contributed by atoms with Gasteiger partial charge in [0.2, 0.25) is 0 Å². The Labute approximate surface area is 116 Å². The van der Waals surface area contributed by atoms with Gasteiger partial charge in [0.1, 0.15) is 5.75 Å². The summed E-state index contributed by atoms with van der Waals surface area (Å²) in [6.45, 7) is 6.98. The largest absolute Gasteiger partial charge is 0.496 e. The molecule has 0 heterocycles. The number of hydrogen-bond donors (Lipinski definition) is 1. The topological polar surface area (TPSA) is 32.7 Å². The summed E-state index contributed by atoms with van der Waals surface area (Å²) in [4.78, 5) is 2.34. The van der Waals surface area contributed by atoms with Gasteiger partial charge in [-0.15, -0.1) is 0 Å². The van der Waals surface area contributed by atoms with Gasteiger partial charge in [0.15, 0.2) is 0 Å². The molecule has 0 saturated heterocycles. The van der Waals surface area contributed by atoms with Crippen molar-refractivity contribution in [3.8, 4) is 5.75 Å². The predicted octanol–water partition coefficient (Wildman–Crippen LogP) is 2.77. The molecule has 3 heteroatoms. The number of rotatable bonds is 7. The second kappa shape index (κ2) is 6.40. The molecular weight excluding hydrogens is 238 g/mol. The molecule has 0 bridgehead atoms. The standard InChI is InChI=1S/C16H25NO2/c1-4-17(10-13-6-7-13)11-15(18)14-9-12(2)5-8-16(14)19-3/h5,8-9,13,15,18H,4,6-7,10-11H2,1-3H3. The molecule has 1 aliphatic rings. The van der Waals surface area contributed by atoms with Crippen LogP contribution in [0.25, 0.3) is 0 Å². The highest BCUT2D eigenvalue weighted by molar-refractivity contribution is 5.38. The summed E-state index contributed by atoms with van der Waals surface area (Å²) in [5.41, 5.74) is 2.05. The molecule has 1 atom stereocenters. The van der Waals surface area contributed by atoms with E-state index < -0.39 is 6.10 Å². The van der Waals surface area contributed by atoms with Crippen LogP contribution >= 0.6 is 0 Å². The number of aliphatic hydroxyl groups is 1. The summed E-state index contributed by atoms with van der Waals surface area (Å²) < 4.78 is 5.35. The molecule has 0 aliphatic heterocycles. The lowest BCUT2D eigenvalue weighted by atomic mass is 10.0. The molecule has 1 N–H and O–H groups in total. The van der Waals surface area contributed by atoms with Gasteiger partial charge in [-0.2, -0.15) is 0 Å². The molecule has 106 valence electrons. The first-order valence-corrected chi connectivity index (χ1v) is 7.19. The fourth-order valence-electron chi connectivity index (χ4n) is 2.46. The Balaban J connectivity index is 2.04. The Bertz CT molecular complexity index is 415. The lowest BCUT2D eigenvalue weighted by Gasteiger charge is -2.24. The molecule has 0 aromatic heterocycles. The Hall–Kier alpha value is -1.06. The highest BCUT2D eigenvalue weighted by atomic mass is 16.5. The van der Waals surface area contributed by atoms with E-state index in [0.717, 1.165) is 35.9 Å². The zero-order chi connectivity index (χ0) is 13.8. The van der Waals surface area contributed by atoms with Gasteiger partial charge in [0, 0.05) is 18.7 Å². The summed E-state index contributed by atoms with van der Waals surface area (Å²) in [7, 11) is 1.66. The molecule has 1 aromatic rings. The molecule has 1 saturated carbocycles. The van der Waals surface area contributed by atoms with Crippen LogP contribution in [0, 0.1) is 12.8 Å². The Kier molecular flexibility index (Phi) is 4.83. The van der Waals surface area contributed by atoms with Gasteiger partial charge in [-0.3, -0.25) is 0 Å². The Morgan fingerprint density at radius 2 is 2.16 bits per heavy atom. The van der Waals surface area contributed by atoms with Crippen molar-refractivity contribution < 1.29 is 9.84 Å². The van der Waals surface area contributed by atoms with Crippen LogP contribution in [0.3, 0.4) is 0 Å². The minimum absolute atomic E-state index is 0.478. The average molecular weight is 263 g/mol. The van der Waals surface area contributed by atoms with E-state index in [1.807, 2.05) is 25.1 Å². The van der Waals surface area contributed by atoms with Crippen molar-refractivity contribution in [2.24, 2.45) is 5.92 Å². The number of hydrogen-bond acceptors (Lipinski definition) is 3. The Morgan fingerprint density at radius 3 is 2.74 bits per heavy atom. The number of likely N-dealkylation sites (N-methyl/N-ethyl adjacent to an activating group) is 1. The van der Waals surface area contributed by atoms with E-state index >= 15 is 0 Å². The van der Waals surface area contributed by atoms with Crippen LogP contribution < -0.4 is 4.74 Å². The van der Waals surface area contributed by atoms with Crippen LogP contribution in [0.5, 0.6) is 5.75 Å². The number of ether oxygens (including phenoxy) is 1. The van der Waals surface area contributed by atoms with Crippen LogP contribution in [0.4, 0.5) is 0 Å². The third kappa shape index (κ3) is 3.95. The summed E-state index contributed by atoms with van der Waals surface area (Å²) in [5, 5.41) is 10.5. The molecule has 1 aliphatic carbocycles. The fraction of sp³-hybridized carbons (Fsp3) is 0.625. The normalized spacial score (nSPS) is 16.7. The molecule has 0 spiro atoms. The van der Waals surface area contributed by atoms with E-state index in [1.54, 1.807) is 7.11 Å². The molecule has 0 amide bonds. The molecule has 3 nitrogen and oxygen atoms in total. The first kappa shape index (κ1) is 14.4. The lowest BCUT2D eigenvalue weighted by molar-refractivity contribution is 0.111. The molecular formula is C16H25NO2. The summed E-state index contributed by atoms with van der Waals surface area (Å²) >= 11 is 0. The average Bonchev–Trinajstić information content (AvgIpc) is 3.21. The van der Waals surface area contributed by atoms with E-state index in [4.69, 9.17) is 4.74 Å². The number of nitrogens with zero attached hydrogens (tertiary/aromatic N) is 1. The number of benzene rings is 1. The molecule has 1 unspecified atom stereocenters. The summed E-state index contributed by atoms with van der Waals surface area (Å²) in [6, 6.07) is 5.97. The van der Waals surface area contributed by atoms with E-state index in [9.17, 15) is 5.11 Å². The first-order chi connectivity index (χ1) is 9.13. The van der Waals surface area contributed by atoms with Crippen LogP contribution in [0.2, 0.25) is 0 Å². The van der Waals surface area contributed by atoms with Crippen molar-refractivity contribution in [1.82, 2.24) is 4.90 Å². The third-order valence-electron chi connectivity index (χ3n) is 3.84. The molecule has 1 fully saturated rings. The van der Waals surface area contributed by atoms with Gasteiger partial charge >= 0.3 is 0 Å². The molecule has 1 aromatic carbocycles. The van der Waals surface area contributed by atoms with Gasteiger partial charge in [-0.1, -0.05) is 18.6 Å². The molecule has 19 heavy (non-hydrogen) atoms. The van der Waals surface area contributed by atoms with Crippen molar-refractivity contribution in [1.29, 1.82) is 0 Å². The monoisotopic (exact) mass is 263 g/mol. The third-order valence-corrected chi connectivity index (χ3v) is 3.84. The van der Waals surface area contributed by atoms with Gasteiger partial charge in [-0.05, 0) is 44.4 Å². The zero-order valence-electron chi connectivity index (χ0n) is 12.2. The van der Waals surface area contributed by atoms with Gasteiger partial charge in [0.25, 0.3) is 0 Å². The van der Waals surface area contributed by atoms with Gasteiger partial charge in [-0.25, -0.2) is 0 Å². The highest BCUT2D eigenvalue weighted by Gasteiger charge is 2.25. The fourth-order valence-corrected chi connectivity index (χ4v) is 2.46. The maximum absolute atomic E-state index is 10.5. The first-order valence-electron chi connectivity index (χ1n) is 7.19. The smallest absolute Gasteiger partial charge is 0.124 e. The zero-order valence-corrected chi connectivity index (χ0v) is 12.2. The molecule has 0 radical (unpaired) electrons. The van der Waals surface area contributed by atoms with Crippen molar-refractivity contribution >= 4 is 0 Å². The van der Waals surface area contributed by atoms with E-state index in [2.05, 4.69) is 11.8 Å². The second-order valence-corrected chi connectivity index (χ2v) is 5.56. The maximum Gasteiger partial charge on any atom is 0.124 e. The van der Waals surface area contributed by atoms with Crippen molar-refractivity contribution in [3.63, 3.8) is 0 Å². The minimum atomic E-state index is -0.478. The predicted molar refractivity (Wildman–Crippen MR) is 77.5 cm³/mol. The number of aliphatic hydroxyl groups excluding tert-OH is 1. The highest BCUT2D eigenvalue weighted by Crippen LogP contribution is 2.31. The summed E-state index contributed by atoms with van der Waals surface area (Å²) in [6.07, 6.45) is 2.22. The SMILES string of the molecule is CCN(CC1CC1)CC(O)c1cc(C)ccc1OC. The van der Waals surface area contributed by atoms with Gasteiger partial charge < -0.3 is 14.7 Å². The quantitative estimate of drug-likeness (QED) is 0.821. The van der Waals surface area contributed by atoms with Crippen LogP contribution in [0.1, 0.15) is 37.0 Å². The number of aryl methyl sites for hydroxylation is 1. The van der Waals surface area contributed by atoms with Crippen LogP contribution in [-0.2, 0) is 0 Å². The van der Waals surface area contributed by atoms with Crippen molar-refractivity contribution in [3.05, 3.63) is 29.3 Å². The number of methoxy groups -OCH3 is 1. The molecule has 2 rings (SSSR count). The van der Waals surface area contributed by atoms with Crippen LogP contribution in [0.15, 0.2) is 18.2 Å². The van der Waals surface area contributed by atoms with E-state index in [0.29, 0.717) is 6.54 Å². The lowest BCUT2D eigenvalue weighted by Crippen LogP contribution is -2.30. The summed E-state index contributed by atoms with van der Waals surface area (Å²) in [5.74, 6) is 1.63. The van der Waals surface area contributed by atoms with E-state index in [-0.39, 0.29) is 0 Å². The van der Waals surface area contributed by atoms with Gasteiger partial charge in [0.05, 0.1) is 13.2 Å². The van der Waals surface area contributed by atoms with Crippen LogP contribution in [-0.4, -0.2) is 36.8 Å². The van der Waals surface area contributed by atoms with Crippen molar-refractivity contribution in [2.75, 3.05) is 26.7 Å².